The maximum atomic E-state index is 11.6. The van der Waals surface area contributed by atoms with E-state index in [1.807, 2.05) is 37.1 Å². The van der Waals surface area contributed by atoms with Crippen molar-refractivity contribution in [3.8, 4) is 0 Å². The summed E-state index contributed by atoms with van der Waals surface area (Å²) in [6.45, 7) is 2.00. The van der Waals surface area contributed by atoms with E-state index in [2.05, 4.69) is 12.1 Å². The van der Waals surface area contributed by atoms with Crippen LogP contribution in [0, 0.1) is 5.92 Å². The second-order valence-electron chi connectivity index (χ2n) is 4.01. The van der Waals surface area contributed by atoms with E-state index in [9.17, 15) is 4.79 Å². The Bertz CT molecular complexity index is 333. The van der Waals surface area contributed by atoms with Crippen LogP contribution in [-0.2, 0) is 4.79 Å². The van der Waals surface area contributed by atoms with Crippen LogP contribution in [0.2, 0.25) is 0 Å². The lowest BCUT2D eigenvalue weighted by Gasteiger charge is -2.19. The van der Waals surface area contributed by atoms with Crippen molar-refractivity contribution in [3.63, 3.8) is 0 Å². The first kappa shape index (κ1) is 9.25. The van der Waals surface area contributed by atoms with Gasteiger partial charge in [0.2, 0.25) is 5.91 Å². The molecule has 1 amide bonds. The first-order valence-corrected chi connectivity index (χ1v) is 5.02. The highest BCUT2D eigenvalue weighted by molar-refractivity contribution is 5.81. The lowest BCUT2D eigenvalue weighted by Crippen LogP contribution is -2.24. The van der Waals surface area contributed by atoms with Gasteiger partial charge in [-0.3, -0.25) is 4.79 Å². The maximum Gasteiger partial charge on any atom is 0.225 e. The number of benzene rings is 1. The Balaban J connectivity index is 2.26. The molecule has 0 aromatic heterocycles. The number of likely N-dealkylation sites (tertiary alicyclic amines) is 1. The standard InChI is InChI=1S/C12H15NO/c1-9-8-11(13(2)12(9)14)10-6-4-3-5-7-10/h3-7,9,11H,8H2,1-2H3/t9-,11-/m0/s1. The summed E-state index contributed by atoms with van der Waals surface area (Å²) >= 11 is 0. The smallest absolute Gasteiger partial charge is 0.225 e. The van der Waals surface area contributed by atoms with Gasteiger partial charge in [-0.1, -0.05) is 37.3 Å². The molecule has 0 N–H and O–H groups in total. The number of rotatable bonds is 1. The quantitative estimate of drug-likeness (QED) is 0.663. The molecule has 1 aromatic carbocycles. The van der Waals surface area contributed by atoms with Gasteiger partial charge in [-0.25, -0.2) is 0 Å². The molecule has 1 heterocycles. The fraction of sp³-hybridized carbons (Fsp3) is 0.417. The van der Waals surface area contributed by atoms with Gasteiger partial charge in [-0.2, -0.15) is 0 Å². The molecule has 0 radical (unpaired) electrons. The Labute approximate surface area is 84.5 Å². The highest BCUT2D eigenvalue weighted by atomic mass is 16.2. The second kappa shape index (κ2) is 3.45. The predicted octanol–water partition coefficient (Wildman–Crippen LogP) is 2.23. The number of nitrogens with zero attached hydrogens (tertiary/aromatic N) is 1. The van der Waals surface area contributed by atoms with Gasteiger partial charge in [0.25, 0.3) is 0 Å². The van der Waals surface area contributed by atoms with Crippen molar-refractivity contribution >= 4 is 5.91 Å². The zero-order valence-electron chi connectivity index (χ0n) is 8.60. The molecule has 1 aliphatic heterocycles. The molecule has 1 saturated heterocycles. The zero-order chi connectivity index (χ0) is 10.1. The monoisotopic (exact) mass is 189 g/mol. The van der Waals surface area contributed by atoms with Gasteiger partial charge < -0.3 is 4.90 Å². The molecular formula is C12H15NO. The van der Waals surface area contributed by atoms with E-state index in [1.54, 1.807) is 0 Å². The van der Waals surface area contributed by atoms with Crippen molar-refractivity contribution in [2.45, 2.75) is 19.4 Å². The second-order valence-corrected chi connectivity index (χ2v) is 4.01. The third-order valence-electron chi connectivity index (χ3n) is 3.00. The van der Waals surface area contributed by atoms with Crippen LogP contribution in [0.15, 0.2) is 30.3 Å². The predicted molar refractivity (Wildman–Crippen MR) is 55.7 cm³/mol. The molecule has 1 aromatic rings. The van der Waals surface area contributed by atoms with E-state index in [4.69, 9.17) is 0 Å². The lowest BCUT2D eigenvalue weighted by molar-refractivity contribution is -0.130. The number of amides is 1. The number of carbonyl (C=O) groups excluding carboxylic acids is 1. The van der Waals surface area contributed by atoms with Crippen LogP contribution in [0.4, 0.5) is 0 Å². The summed E-state index contributed by atoms with van der Waals surface area (Å²) in [5.41, 5.74) is 1.24. The summed E-state index contributed by atoms with van der Waals surface area (Å²) in [6.07, 6.45) is 0.944. The van der Waals surface area contributed by atoms with Crippen molar-refractivity contribution in [1.82, 2.24) is 4.90 Å². The van der Waals surface area contributed by atoms with Gasteiger partial charge in [-0.05, 0) is 12.0 Å². The van der Waals surface area contributed by atoms with Gasteiger partial charge in [0.15, 0.2) is 0 Å². The van der Waals surface area contributed by atoms with Crippen LogP contribution >= 0.6 is 0 Å². The van der Waals surface area contributed by atoms with Crippen LogP contribution in [-0.4, -0.2) is 17.9 Å². The molecule has 1 fully saturated rings. The molecular weight excluding hydrogens is 174 g/mol. The van der Waals surface area contributed by atoms with Gasteiger partial charge in [0.1, 0.15) is 0 Å². The molecule has 0 aliphatic carbocycles. The zero-order valence-corrected chi connectivity index (χ0v) is 8.60. The average molecular weight is 189 g/mol. The van der Waals surface area contributed by atoms with Gasteiger partial charge >= 0.3 is 0 Å². The van der Waals surface area contributed by atoms with Crippen molar-refractivity contribution in [1.29, 1.82) is 0 Å². The SMILES string of the molecule is C[C@H]1C[C@@H](c2ccccc2)N(C)C1=O. The highest BCUT2D eigenvalue weighted by Crippen LogP contribution is 2.34. The van der Waals surface area contributed by atoms with Crippen LogP contribution in [0.1, 0.15) is 24.9 Å². The Morgan fingerprint density at radius 3 is 2.43 bits per heavy atom. The highest BCUT2D eigenvalue weighted by Gasteiger charge is 2.34. The lowest BCUT2D eigenvalue weighted by atomic mass is 10.0. The molecule has 2 rings (SSSR count). The minimum Gasteiger partial charge on any atom is -0.338 e. The molecule has 0 spiro atoms. The molecule has 2 atom stereocenters. The van der Waals surface area contributed by atoms with Crippen LogP contribution in [0.3, 0.4) is 0 Å². The summed E-state index contributed by atoms with van der Waals surface area (Å²) in [4.78, 5) is 13.5. The summed E-state index contributed by atoms with van der Waals surface area (Å²) in [6, 6.07) is 10.5. The van der Waals surface area contributed by atoms with Crippen molar-refractivity contribution in [2.75, 3.05) is 7.05 Å². The first-order chi connectivity index (χ1) is 6.70. The average Bonchev–Trinajstić information content (AvgIpc) is 2.47. The normalized spacial score (nSPS) is 27.0. The fourth-order valence-electron chi connectivity index (χ4n) is 2.13. The molecule has 0 unspecified atom stereocenters. The van der Waals surface area contributed by atoms with E-state index in [0.29, 0.717) is 0 Å². The number of hydrogen-bond acceptors (Lipinski definition) is 1. The van der Waals surface area contributed by atoms with E-state index >= 15 is 0 Å². The van der Waals surface area contributed by atoms with Crippen molar-refractivity contribution in [3.05, 3.63) is 35.9 Å². The molecule has 14 heavy (non-hydrogen) atoms. The number of hydrogen-bond donors (Lipinski definition) is 0. The van der Waals surface area contributed by atoms with Crippen LogP contribution < -0.4 is 0 Å². The minimum atomic E-state index is 0.171. The molecule has 2 nitrogen and oxygen atoms in total. The minimum absolute atomic E-state index is 0.171. The third-order valence-corrected chi connectivity index (χ3v) is 3.00. The summed E-state index contributed by atoms with van der Waals surface area (Å²) < 4.78 is 0. The Morgan fingerprint density at radius 1 is 1.29 bits per heavy atom. The Kier molecular flexibility index (Phi) is 2.28. The topological polar surface area (TPSA) is 20.3 Å². The van der Waals surface area contributed by atoms with Gasteiger partial charge in [0.05, 0.1) is 6.04 Å². The Hall–Kier alpha value is -1.31. The summed E-state index contributed by atoms with van der Waals surface area (Å²) in [7, 11) is 1.89. The largest absolute Gasteiger partial charge is 0.338 e. The van der Waals surface area contributed by atoms with E-state index in [-0.39, 0.29) is 17.9 Å². The van der Waals surface area contributed by atoms with E-state index in [0.717, 1.165) is 6.42 Å². The number of carbonyl (C=O) groups is 1. The molecule has 74 valence electrons. The van der Waals surface area contributed by atoms with Crippen molar-refractivity contribution < 1.29 is 4.79 Å². The van der Waals surface area contributed by atoms with Crippen LogP contribution in [0.5, 0.6) is 0 Å². The van der Waals surface area contributed by atoms with Crippen LogP contribution in [0.25, 0.3) is 0 Å². The van der Waals surface area contributed by atoms with E-state index < -0.39 is 0 Å². The van der Waals surface area contributed by atoms with Crippen molar-refractivity contribution in [2.24, 2.45) is 5.92 Å². The van der Waals surface area contributed by atoms with E-state index in [1.165, 1.54) is 5.56 Å². The summed E-state index contributed by atoms with van der Waals surface area (Å²) in [5.74, 6) is 0.434. The Morgan fingerprint density at radius 2 is 1.93 bits per heavy atom. The van der Waals surface area contributed by atoms with Gasteiger partial charge in [-0.15, -0.1) is 0 Å². The third kappa shape index (κ3) is 1.41. The first-order valence-electron chi connectivity index (χ1n) is 5.02. The van der Waals surface area contributed by atoms with Gasteiger partial charge in [0, 0.05) is 13.0 Å². The molecule has 0 bridgehead atoms. The maximum absolute atomic E-state index is 11.6. The molecule has 2 heteroatoms. The molecule has 0 saturated carbocycles. The molecule has 1 aliphatic rings. The fourth-order valence-corrected chi connectivity index (χ4v) is 2.13. The summed E-state index contributed by atoms with van der Waals surface area (Å²) in [5, 5.41) is 0.